The molecule has 2 aromatic rings. The normalized spacial score (nSPS) is 12.6. The Balaban J connectivity index is 2.11. The molecule has 1 atom stereocenters. The van der Waals surface area contributed by atoms with Crippen LogP contribution in [0.15, 0.2) is 47.4 Å². The number of aryl methyl sites for hydroxylation is 1. The maximum atomic E-state index is 12.4. The number of carbonyl (C=O) groups is 1. The smallest absolute Gasteiger partial charge is 0.262 e. The van der Waals surface area contributed by atoms with Gasteiger partial charge < -0.3 is 10.1 Å². The zero-order valence-corrected chi connectivity index (χ0v) is 17.8. The van der Waals surface area contributed by atoms with E-state index in [1.807, 2.05) is 24.3 Å². The van der Waals surface area contributed by atoms with Crippen molar-refractivity contribution in [1.82, 2.24) is 4.31 Å². The molecule has 1 unspecified atom stereocenters. The maximum absolute atomic E-state index is 12.4. The van der Waals surface area contributed by atoms with Crippen LogP contribution in [0.3, 0.4) is 0 Å². The molecule has 2 rings (SSSR count). The molecule has 0 saturated carbocycles. The highest BCUT2D eigenvalue weighted by Crippen LogP contribution is 2.28. The number of nitrogens with one attached hydrogen (secondary N) is 1. The molecule has 0 spiro atoms. The molecular formula is C21H28N2O4S. The summed E-state index contributed by atoms with van der Waals surface area (Å²) in [4.78, 5) is 12.5. The van der Waals surface area contributed by atoms with Crippen LogP contribution in [0, 0.1) is 6.92 Å². The molecule has 152 valence electrons. The van der Waals surface area contributed by atoms with Gasteiger partial charge >= 0.3 is 0 Å². The second-order valence-electron chi connectivity index (χ2n) is 6.95. The number of hydrogen-bond acceptors (Lipinski definition) is 4. The van der Waals surface area contributed by atoms with Crippen molar-refractivity contribution < 1.29 is 17.9 Å². The van der Waals surface area contributed by atoms with E-state index in [1.54, 1.807) is 19.1 Å². The lowest BCUT2D eigenvalue weighted by Crippen LogP contribution is -2.24. The molecule has 6 nitrogen and oxygen atoms in total. The van der Waals surface area contributed by atoms with Gasteiger partial charge in [0.05, 0.1) is 4.90 Å². The summed E-state index contributed by atoms with van der Waals surface area (Å²) >= 11 is 0. The Kier molecular flexibility index (Phi) is 7.21. The first-order valence-electron chi connectivity index (χ1n) is 9.21. The Morgan fingerprint density at radius 3 is 2.50 bits per heavy atom. The molecule has 7 heteroatoms. The highest BCUT2D eigenvalue weighted by atomic mass is 32.2. The minimum Gasteiger partial charge on any atom is -0.483 e. The van der Waals surface area contributed by atoms with Gasteiger partial charge in [0.1, 0.15) is 5.75 Å². The molecule has 28 heavy (non-hydrogen) atoms. The quantitative estimate of drug-likeness (QED) is 0.727. The third kappa shape index (κ3) is 5.11. The Labute approximate surface area is 167 Å². The number of carbonyl (C=O) groups excluding carboxylic acids is 1. The van der Waals surface area contributed by atoms with Crippen LogP contribution in [0.4, 0.5) is 5.69 Å². The van der Waals surface area contributed by atoms with Crippen molar-refractivity contribution in [2.24, 2.45) is 0 Å². The lowest BCUT2D eigenvalue weighted by molar-refractivity contribution is -0.118. The number of benzene rings is 2. The molecule has 0 aliphatic carbocycles. The Morgan fingerprint density at radius 2 is 1.86 bits per heavy atom. The van der Waals surface area contributed by atoms with Gasteiger partial charge in [-0.1, -0.05) is 38.1 Å². The van der Waals surface area contributed by atoms with Crippen LogP contribution in [0.25, 0.3) is 0 Å². The maximum Gasteiger partial charge on any atom is 0.262 e. The van der Waals surface area contributed by atoms with Gasteiger partial charge in [-0.15, -0.1) is 0 Å². The van der Waals surface area contributed by atoms with Crippen LogP contribution >= 0.6 is 0 Å². The molecule has 0 saturated heterocycles. The van der Waals surface area contributed by atoms with E-state index in [4.69, 9.17) is 4.74 Å². The van der Waals surface area contributed by atoms with Crippen molar-refractivity contribution in [2.75, 3.05) is 26.0 Å². The summed E-state index contributed by atoms with van der Waals surface area (Å²) in [5, 5.41) is 2.71. The van der Waals surface area contributed by atoms with Crippen molar-refractivity contribution in [3.63, 3.8) is 0 Å². The number of nitrogens with zero attached hydrogens (tertiary/aromatic N) is 1. The Bertz CT molecular complexity index is 939. The molecule has 0 bridgehead atoms. The van der Waals surface area contributed by atoms with Crippen LogP contribution in [-0.4, -0.2) is 39.3 Å². The number of rotatable bonds is 8. The molecule has 0 aromatic heterocycles. The topological polar surface area (TPSA) is 75.7 Å². The summed E-state index contributed by atoms with van der Waals surface area (Å²) in [5.74, 6) is 0.665. The SMILES string of the molecule is CCC(C)c1ccccc1OCC(=O)Nc1ccc(C)c(S(=O)(=O)N(C)C)c1. The van der Waals surface area contributed by atoms with Crippen LogP contribution in [-0.2, 0) is 14.8 Å². The number of hydrogen-bond donors (Lipinski definition) is 1. The van der Waals surface area contributed by atoms with Gasteiger partial charge in [-0.25, -0.2) is 12.7 Å². The van der Waals surface area contributed by atoms with Gasteiger partial charge in [0.25, 0.3) is 5.91 Å². The first-order valence-corrected chi connectivity index (χ1v) is 10.7. The largest absolute Gasteiger partial charge is 0.483 e. The fourth-order valence-corrected chi connectivity index (χ4v) is 3.88. The fraction of sp³-hybridized carbons (Fsp3) is 0.381. The average Bonchev–Trinajstić information content (AvgIpc) is 2.67. The van der Waals surface area contributed by atoms with E-state index in [2.05, 4.69) is 19.2 Å². The summed E-state index contributed by atoms with van der Waals surface area (Å²) in [6.45, 7) is 5.78. The summed E-state index contributed by atoms with van der Waals surface area (Å²) in [7, 11) is -0.639. The molecule has 0 aliphatic rings. The van der Waals surface area contributed by atoms with E-state index >= 15 is 0 Å². The summed E-state index contributed by atoms with van der Waals surface area (Å²) in [5.41, 5.74) is 2.09. The van der Waals surface area contributed by atoms with Gasteiger partial charge in [-0.2, -0.15) is 0 Å². The monoisotopic (exact) mass is 404 g/mol. The molecule has 1 N–H and O–H groups in total. The van der Waals surface area contributed by atoms with E-state index in [9.17, 15) is 13.2 Å². The first-order chi connectivity index (χ1) is 13.2. The second-order valence-corrected chi connectivity index (χ2v) is 9.07. The number of anilines is 1. The van der Waals surface area contributed by atoms with Crippen LogP contribution in [0.2, 0.25) is 0 Å². The van der Waals surface area contributed by atoms with E-state index < -0.39 is 10.0 Å². The third-order valence-corrected chi connectivity index (χ3v) is 6.61. The first kappa shape index (κ1) is 21.9. The van der Waals surface area contributed by atoms with E-state index in [1.165, 1.54) is 20.2 Å². The highest BCUT2D eigenvalue weighted by molar-refractivity contribution is 7.89. The predicted octanol–water partition coefficient (Wildman–Crippen LogP) is 3.78. The molecular weight excluding hydrogens is 376 g/mol. The third-order valence-electron chi connectivity index (χ3n) is 4.65. The van der Waals surface area contributed by atoms with Gasteiger partial charge in [-0.05, 0) is 48.6 Å². The van der Waals surface area contributed by atoms with Crippen molar-refractivity contribution in [2.45, 2.75) is 38.0 Å². The van der Waals surface area contributed by atoms with Crippen molar-refractivity contribution in [1.29, 1.82) is 0 Å². The van der Waals surface area contributed by atoms with Crippen LogP contribution in [0.5, 0.6) is 5.75 Å². The highest BCUT2D eigenvalue weighted by Gasteiger charge is 2.20. The lowest BCUT2D eigenvalue weighted by Gasteiger charge is -2.16. The van der Waals surface area contributed by atoms with Crippen molar-refractivity contribution in [3.05, 3.63) is 53.6 Å². The molecule has 2 aromatic carbocycles. The minimum absolute atomic E-state index is 0.156. The molecule has 1 amide bonds. The van der Waals surface area contributed by atoms with E-state index in [0.29, 0.717) is 22.9 Å². The molecule has 0 fully saturated rings. The number of para-hydroxylation sites is 1. The summed E-state index contributed by atoms with van der Waals surface area (Å²) in [6, 6.07) is 12.5. The zero-order chi connectivity index (χ0) is 20.9. The lowest BCUT2D eigenvalue weighted by atomic mass is 9.98. The fourth-order valence-electron chi connectivity index (χ4n) is 2.73. The van der Waals surface area contributed by atoms with E-state index in [-0.39, 0.29) is 17.4 Å². The summed E-state index contributed by atoms with van der Waals surface area (Å²) < 4.78 is 31.7. The second kappa shape index (κ2) is 9.21. The number of amides is 1. The average molecular weight is 405 g/mol. The van der Waals surface area contributed by atoms with Crippen LogP contribution in [0.1, 0.15) is 37.3 Å². The number of sulfonamides is 1. The van der Waals surface area contributed by atoms with Gasteiger partial charge in [0, 0.05) is 19.8 Å². The Hall–Kier alpha value is -2.38. The van der Waals surface area contributed by atoms with Gasteiger partial charge in [-0.3, -0.25) is 4.79 Å². The molecule has 0 radical (unpaired) electrons. The number of ether oxygens (including phenoxy) is 1. The summed E-state index contributed by atoms with van der Waals surface area (Å²) in [6.07, 6.45) is 0.971. The van der Waals surface area contributed by atoms with Gasteiger partial charge in [0.2, 0.25) is 10.0 Å². The van der Waals surface area contributed by atoms with E-state index in [0.717, 1.165) is 16.3 Å². The zero-order valence-electron chi connectivity index (χ0n) is 17.0. The minimum atomic E-state index is -3.59. The van der Waals surface area contributed by atoms with Crippen molar-refractivity contribution in [3.8, 4) is 5.75 Å². The Morgan fingerprint density at radius 1 is 1.18 bits per heavy atom. The molecule has 0 aliphatic heterocycles. The standard InChI is InChI=1S/C21H28N2O4S/c1-6-15(2)18-9-7-8-10-19(18)27-14-21(24)22-17-12-11-16(3)20(13-17)28(25,26)23(4)5/h7-13,15H,6,14H2,1-5H3,(H,22,24). The predicted molar refractivity (Wildman–Crippen MR) is 111 cm³/mol. The molecule has 0 heterocycles. The van der Waals surface area contributed by atoms with Crippen LogP contribution < -0.4 is 10.1 Å². The van der Waals surface area contributed by atoms with Gasteiger partial charge in [0.15, 0.2) is 6.61 Å². The van der Waals surface area contributed by atoms with Crippen molar-refractivity contribution >= 4 is 21.6 Å².